The standard InChI is InChI=1S/C15H23NO5/c1-3-7-12-11(10-14(17)20-4-2)15(16(18)19)9-6-5-8-13(15)21-12/h10,12-13H,3-9H2,1-2H3/b11-10+/t12?,13-,15+/m0/s1. The molecule has 2 fully saturated rings. The van der Waals surface area contributed by atoms with Crippen molar-refractivity contribution in [1.29, 1.82) is 0 Å². The summed E-state index contributed by atoms with van der Waals surface area (Å²) in [6, 6.07) is 0. The Balaban J connectivity index is 2.41. The van der Waals surface area contributed by atoms with E-state index in [2.05, 4.69) is 0 Å². The SMILES string of the molecule is CCCC1O[C@H]2CCCC[C@@]2([N+](=O)[O-])/C1=C/C(=O)OCC. The largest absolute Gasteiger partial charge is 0.463 e. The summed E-state index contributed by atoms with van der Waals surface area (Å²) in [5.74, 6) is -0.510. The molecule has 0 aromatic carbocycles. The van der Waals surface area contributed by atoms with Gasteiger partial charge in [-0.2, -0.15) is 0 Å². The highest BCUT2D eigenvalue weighted by Crippen LogP contribution is 2.47. The second-order valence-corrected chi connectivity index (χ2v) is 5.68. The molecule has 118 valence electrons. The molecular formula is C15H23NO5. The van der Waals surface area contributed by atoms with E-state index in [4.69, 9.17) is 9.47 Å². The topological polar surface area (TPSA) is 78.7 Å². The molecule has 0 bridgehead atoms. The molecule has 1 aliphatic heterocycles. The van der Waals surface area contributed by atoms with Gasteiger partial charge >= 0.3 is 5.97 Å². The Labute approximate surface area is 124 Å². The lowest BCUT2D eigenvalue weighted by Gasteiger charge is -2.30. The van der Waals surface area contributed by atoms with E-state index < -0.39 is 17.6 Å². The normalized spacial score (nSPS) is 33.7. The van der Waals surface area contributed by atoms with Crippen LogP contribution in [0, 0.1) is 10.1 Å². The van der Waals surface area contributed by atoms with Crippen molar-refractivity contribution in [2.24, 2.45) is 0 Å². The smallest absolute Gasteiger partial charge is 0.331 e. The Kier molecular flexibility index (Phi) is 4.98. The van der Waals surface area contributed by atoms with Crippen LogP contribution in [-0.4, -0.2) is 35.2 Å². The van der Waals surface area contributed by atoms with Crippen molar-refractivity contribution in [3.05, 3.63) is 21.8 Å². The predicted octanol–water partition coefficient (Wildman–Crippen LogP) is 2.63. The van der Waals surface area contributed by atoms with Crippen molar-refractivity contribution >= 4 is 5.97 Å². The van der Waals surface area contributed by atoms with Crippen molar-refractivity contribution in [3.63, 3.8) is 0 Å². The number of fused-ring (bicyclic) bond motifs is 1. The Morgan fingerprint density at radius 1 is 1.52 bits per heavy atom. The number of carbonyl (C=O) groups is 1. The van der Waals surface area contributed by atoms with Gasteiger partial charge in [0.05, 0.1) is 12.7 Å². The third-order valence-corrected chi connectivity index (χ3v) is 4.42. The van der Waals surface area contributed by atoms with Gasteiger partial charge in [-0.15, -0.1) is 0 Å². The minimum atomic E-state index is -1.23. The summed E-state index contributed by atoms with van der Waals surface area (Å²) in [7, 11) is 0. The van der Waals surface area contributed by atoms with Gasteiger partial charge in [-0.3, -0.25) is 10.1 Å². The van der Waals surface area contributed by atoms with Crippen molar-refractivity contribution in [2.75, 3.05) is 6.61 Å². The minimum absolute atomic E-state index is 0.239. The average Bonchev–Trinajstić information content (AvgIpc) is 2.75. The maximum Gasteiger partial charge on any atom is 0.331 e. The number of rotatable bonds is 5. The molecular weight excluding hydrogens is 274 g/mol. The van der Waals surface area contributed by atoms with Gasteiger partial charge in [0.25, 0.3) is 5.54 Å². The first kappa shape index (κ1) is 15.9. The van der Waals surface area contributed by atoms with E-state index in [0.717, 1.165) is 19.3 Å². The lowest BCUT2D eigenvalue weighted by atomic mass is 9.74. The summed E-state index contributed by atoms with van der Waals surface area (Å²) in [5, 5.41) is 11.8. The number of nitro groups is 1. The maximum atomic E-state index is 11.8. The first-order valence-corrected chi connectivity index (χ1v) is 7.75. The van der Waals surface area contributed by atoms with Crippen LogP contribution in [-0.2, 0) is 14.3 Å². The second kappa shape index (κ2) is 6.56. The van der Waals surface area contributed by atoms with Crippen LogP contribution in [0.4, 0.5) is 0 Å². The highest BCUT2D eigenvalue weighted by atomic mass is 16.6. The zero-order valence-corrected chi connectivity index (χ0v) is 12.7. The number of carbonyl (C=O) groups excluding carboxylic acids is 1. The first-order chi connectivity index (χ1) is 10.1. The van der Waals surface area contributed by atoms with E-state index in [0.29, 0.717) is 24.8 Å². The number of hydrogen-bond donors (Lipinski definition) is 0. The van der Waals surface area contributed by atoms with Gasteiger partial charge < -0.3 is 9.47 Å². The molecule has 1 heterocycles. The summed E-state index contributed by atoms with van der Waals surface area (Å²) in [4.78, 5) is 23.4. The van der Waals surface area contributed by atoms with Crippen LogP contribution in [0.3, 0.4) is 0 Å². The lowest BCUT2D eigenvalue weighted by molar-refractivity contribution is -0.568. The van der Waals surface area contributed by atoms with Gasteiger partial charge in [0.2, 0.25) is 0 Å². The predicted molar refractivity (Wildman–Crippen MR) is 76.5 cm³/mol. The fourth-order valence-electron chi connectivity index (χ4n) is 3.51. The molecule has 3 atom stereocenters. The summed E-state index contributed by atoms with van der Waals surface area (Å²) in [6.07, 6.45) is 4.95. The molecule has 6 heteroatoms. The molecule has 0 aromatic rings. The van der Waals surface area contributed by atoms with Crippen LogP contribution in [0.25, 0.3) is 0 Å². The van der Waals surface area contributed by atoms with Gasteiger partial charge in [0.15, 0.2) is 0 Å². The molecule has 0 radical (unpaired) electrons. The van der Waals surface area contributed by atoms with Crippen molar-refractivity contribution in [3.8, 4) is 0 Å². The number of hydrogen-bond acceptors (Lipinski definition) is 5. The Bertz CT molecular complexity index is 447. The van der Waals surface area contributed by atoms with Crippen LogP contribution in [0.5, 0.6) is 0 Å². The van der Waals surface area contributed by atoms with E-state index in [9.17, 15) is 14.9 Å². The fourth-order valence-corrected chi connectivity index (χ4v) is 3.51. The molecule has 2 aliphatic rings. The summed E-state index contributed by atoms with van der Waals surface area (Å²) in [5.41, 5.74) is -0.720. The highest BCUT2D eigenvalue weighted by molar-refractivity contribution is 5.83. The maximum absolute atomic E-state index is 11.8. The molecule has 1 unspecified atom stereocenters. The van der Waals surface area contributed by atoms with Gasteiger partial charge in [0, 0.05) is 23.0 Å². The Morgan fingerprint density at radius 3 is 2.90 bits per heavy atom. The molecule has 1 saturated carbocycles. The first-order valence-electron chi connectivity index (χ1n) is 7.75. The van der Waals surface area contributed by atoms with Crippen molar-refractivity contribution < 1.29 is 19.2 Å². The van der Waals surface area contributed by atoms with Gasteiger partial charge in [-0.1, -0.05) is 19.8 Å². The fraction of sp³-hybridized carbons (Fsp3) is 0.800. The van der Waals surface area contributed by atoms with Crippen molar-refractivity contribution in [1.82, 2.24) is 0 Å². The molecule has 0 spiro atoms. The van der Waals surface area contributed by atoms with Crippen LogP contribution >= 0.6 is 0 Å². The van der Waals surface area contributed by atoms with Crippen molar-refractivity contribution in [2.45, 2.75) is 70.1 Å². The second-order valence-electron chi connectivity index (χ2n) is 5.68. The summed E-state index contributed by atoms with van der Waals surface area (Å²) < 4.78 is 10.9. The zero-order chi connectivity index (χ0) is 15.5. The monoisotopic (exact) mass is 297 g/mol. The van der Waals surface area contributed by atoms with Crippen LogP contribution in [0.1, 0.15) is 52.4 Å². The molecule has 6 nitrogen and oxygen atoms in total. The molecule has 1 saturated heterocycles. The quantitative estimate of drug-likeness (QED) is 0.337. The minimum Gasteiger partial charge on any atom is -0.463 e. The lowest BCUT2D eigenvalue weighted by Crippen LogP contribution is -2.49. The van der Waals surface area contributed by atoms with E-state index in [1.807, 2.05) is 6.92 Å². The molecule has 2 rings (SSSR count). The number of ether oxygens (including phenoxy) is 2. The Hall–Kier alpha value is -1.43. The third kappa shape index (κ3) is 2.81. The average molecular weight is 297 g/mol. The Morgan fingerprint density at radius 2 is 2.29 bits per heavy atom. The van der Waals surface area contributed by atoms with Gasteiger partial charge in [-0.05, 0) is 26.2 Å². The van der Waals surface area contributed by atoms with Gasteiger partial charge in [0.1, 0.15) is 6.10 Å². The summed E-state index contributed by atoms with van der Waals surface area (Å²) in [6.45, 7) is 3.99. The molecule has 21 heavy (non-hydrogen) atoms. The zero-order valence-electron chi connectivity index (χ0n) is 12.7. The van der Waals surface area contributed by atoms with Crippen LogP contribution in [0.15, 0.2) is 11.6 Å². The third-order valence-electron chi connectivity index (χ3n) is 4.42. The van der Waals surface area contributed by atoms with Crippen LogP contribution < -0.4 is 0 Å². The van der Waals surface area contributed by atoms with Gasteiger partial charge in [-0.25, -0.2) is 4.79 Å². The van der Waals surface area contributed by atoms with E-state index in [1.54, 1.807) is 6.92 Å². The molecule has 0 N–H and O–H groups in total. The highest BCUT2D eigenvalue weighted by Gasteiger charge is 2.62. The van der Waals surface area contributed by atoms with E-state index >= 15 is 0 Å². The van der Waals surface area contributed by atoms with Crippen LogP contribution in [0.2, 0.25) is 0 Å². The molecule has 1 aliphatic carbocycles. The molecule has 0 amide bonds. The van der Waals surface area contributed by atoms with E-state index in [-0.39, 0.29) is 17.6 Å². The number of esters is 1. The molecule has 0 aromatic heterocycles. The van der Waals surface area contributed by atoms with E-state index in [1.165, 1.54) is 6.08 Å². The number of nitrogens with zero attached hydrogens (tertiary/aromatic N) is 1. The summed E-state index contributed by atoms with van der Waals surface area (Å²) >= 11 is 0.